The Balaban J connectivity index is 2.86. The molecule has 1 aliphatic carbocycles. The van der Waals surface area contributed by atoms with Gasteiger partial charge in [0.2, 0.25) is 0 Å². The van der Waals surface area contributed by atoms with Crippen LogP contribution >= 0.6 is 0 Å². The number of hydrogen-bond donors (Lipinski definition) is 0. The molecule has 18 heavy (non-hydrogen) atoms. The van der Waals surface area contributed by atoms with Gasteiger partial charge in [0.05, 0.1) is 0 Å². The molecule has 108 valence electrons. The van der Waals surface area contributed by atoms with Crippen LogP contribution in [0.1, 0.15) is 72.6 Å². The monoisotopic (exact) mass is 272 g/mol. The Labute approximate surface area is 115 Å². The fraction of sp³-hybridized carbons (Fsp3) is 1.00. The third-order valence-electron chi connectivity index (χ3n) is 4.32. The second-order valence-electron chi connectivity index (χ2n) is 5.61. The molecule has 1 atom stereocenters. The van der Waals surface area contributed by atoms with Gasteiger partial charge in [-0.15, -0.1) is 0 Å². The summed E-state index contributed by atoms with van der Waals surface area (Å²) in [7, 11) is -2.02. The summed E-state index contributed by atoms with van der Waals surface area (Å²) in [5.74, 6) is 0. The molecule has 0 aromatic carbocycles. The zero-order chi connectivity index (χ0) is 13.4. The molecule has 0 spiro atoms. The smallest absolute Gasteiger partial charge is 0.344 e. The summed E-state index contributed by atoms with van der Waals surface area (Å²) in [6.45, 7) is 10.5. The van der Waals surface area contributed by atoms with Gasteiger partial charge >= 0.3 is 8.56 Å². The van der Waals surface area contributed by atoms with E-state index < -0.39 is 8.56 Å². The third-order valence-corrected chi connectivity index (χ3v) is 9.18. The fourth-order valence-electron chi connectivity index (χ4n) is 3.55. The molecule has 2 nitrogen and oxygen atoms in total. The van der Waals surface area contributed by atoms with Crippen LogP contribution in [0.5, 0.6) is 0 Å². The van der Waals surface area contributed by atoms with Crippen molar-refractivity contribution in [3.63, 3.8) is 0 Å². The topological polar surface area (TPSA) is 18.5 Å². The molecule has 0 aliphatic heterocycles. The van der Waals surface area contributed by atoms with Gasteiger partial charge in [-0.1, -0.05) is 39.5 Å². The molecule has 0 saturated heterocycles. The predicted octanol–water partition coefficient (Wildman–Crippen LogP) is 5.03. The van der Waals surface area contributed by atoms with Gasteiger partial charge in [0.25, 0.3) is 0 Å². The first kappa shape index (κ1) is 16.2. The molecule has 0 heterocycles. The van der Waals surface area contributed by atoms with Gasteiger partial charge in [0.15, 0.2) is 0 Å². The molecule has 3 heteroatoms. The maximum absolute atomic E-state index is 6.34. The van der Waals surface area contributed by atoms with Crippen molar-refractivity contribution in [3.05, 3.63) is 0 Å². The lowest BCUT2D eigenvalue weighted by Gasteiger charge is -2.42. The highest BCUT2D eigenvalue weighted by Crippen LogP contribution is 2.45. The van der Waals surface area contributed by atoms with Gasteiger partial charge < -0.3 is 8.85 Å². The van der Waals surface area contributed by atoms with Crippen LogP contribution in [0.25, 0.3) is 0 Å². The Hall–Kier alpha value is 0.137. The van der Waals surface area contributed by atoms with Crippen LogP contribution in [0, 0.1) is 0 Å². The van der Waals surface area contributed by atoms with Crippen LogP contribution in [0.3, 0.4) is 0 Å². The second kappa shape index (κ2) is 8.34. The highest BCUT2D eigenvalue weighted by molar-refractivity contribution is 6.70. The van der Waals surface area contributed by atoms with Crippen molar-refractivity contribution in [1.29, 1.82) is 0 Å². The summed E-state index contributed by atoms with van der Waals surface area (Å²) in [6.07, 6.45) is 9.31. The van der Waals surface area contributed by atoms with E-state index >= 15 is 0 Å². The Morgan fingerprint density at radius 1 is 1.00 bits per heavy atom. The summed E-state index contributed by atoms with van der Waals surface area (Å²) in [5, 5.41) is 0. The molecule has 1 rings (SSSR count). The van der Waals surface area contributed by atoms with Gasteiger partial charge in [-0.25, -0.2) is 0 Å². The maximum Gasteiger partial charge on any atom is 0.344 e. The van der Waals surface area contributed by atoms with Gasteiger partial charge in [0, 0.05) is 24.3 Å². The summed E-state index contributed by atoms with van der Waals surface area (Å²) in [5.41, 5.74) is 1.36. The van der Waals surface area contributed by atoms with Gasteiger partial charge in [0.1, 0.15) is 0 Å². The SMILES string of the molecule is CCCC(C)[Si](OCC)(OCC)C1CCCCC1. The predicted molar refractivity (Wildman–Crippen MR) is 80.2 cm³/mol. The molecular formula is C15H32O2Si. The zero-order valence-electron chi connectivity index (χ0n) is 12.8. The summed E-state index contributed by atoms with van der Waals surface area (Å²) < 4.78 is 12.7. The van der Waals surface area contributed by atoms with Crippen molar-refractivity contribution < 1.29 is 8.85 Å². The molecule has 0 aromatic heterocycles. The van der Waals surface area contributed by atoms with Crippen molar-refractivity contribution in [2.24, 2.45) is 0 Å². The van der Waals surface area contributed by atoms with Crippen LogP contribution in [0.2, 0.25) is 11.1 Å². The van der Waals surface area contributed by atoms with E-state index in [4.69, 9.17) is 8.85 Å². The highest BCUT2D eigenvalue weighted by atomic mass is 28.4. The third kappa shape index (κ3) is 3.81. The minimum atomic E-state index is -2.02. The minimum Gasteiger partial charge on any atom is -0.394 e. The van der Waals surface area contributed by atoms with Gasteiger partial charge in [-0.2, -0.15) is 0 Å². The van der Waals surface area contributed by atoms with Crippen LogP contribution in [0.4, 0.5) is 0 Å². The van der Waals surface area contributed by atoms with E-state index in [9.17, 15) is 0 Å². The molecule has 0 amide bonds. The lowest BCUT2D eigenvalue weighted by Crippen LogP contribution is -2.51. The number of rotatable bonds is 8. The minimum absolute atomic E-state index is 0.630. The molecular weight excluding hydrogens is 240 g/mol. The van der Waals surface area contributed by atoms with Crippen LogP contribution in [-0.4, -0.2) is 21.8 Å². The molecule has 1 aliphatic rings. The summed E-state index contributed by atoms with van der Waals surface area (Å²) in [6, 6.07) is 0. The van der Waals surface area contributed by atoms with E-state index in [0.717, 1.165) is 18.8 Å². The zero-order valence-corrected chi connectivity index (χ0v) is 13.8. The highest BCUT2D eigenvalue weighted by Gasteiger charge is 2.49. The quantitative estimate of drug-likeness (QED) is 0.577. The average Bonchev–Trinajstić information content (AvgIpc) is 2.39. The second-order valence-corrected chi connectivity index (χ2v) is 9.43. The fourth-order valence-corrected chi connectivity index (χ4v) is 8.29. The maximum atomic E-state index is 6.34. The van der Waals surface area contributed by atoms with Crippen molar-refractivity contribution in [3.8, 4) is 0 Å². The van der Waals surface area contributed by atoms with E-state index in [1.54, 1.807) is 0 Å². The Morgan fingerprint density at radius 2 is 1.56 bits per heavy atom. The lowest BCUT2D eigenvalue weighted by molar-refractivity contribution is 0.153. The number of hydrogen-bond acceptors (Lipinski definition) is 2. The first-order valence-corrected chi connectivity index (χ1v) is 9.96. The van der Waals surface area contributed by atoms with Crippen molar-refractivity contribution in [2.45, 2.75) is 83.7 Å². The van der Waals surface area contributed by atoms with Crippen molar-refractivity contribution in [2.75, 3.05) is 13.2 Å². The van der Waals surface area contributed by atoms with Crippen LogP contribution < -0.4 is 0 Å². The van der Waals surface area contributed by atoms with Gasteiger partial charge in [-0.05, 0) is 33.1 Å². The Kier molecular flexibility index (Phi) is 7.50. The normalized spacial score (nSPS) is 20.0. The van der Waals surface area contributed by atoms with Gasteiger partial charge in [-0.3, -0.25) is 0 Å². The molecule has 0 bridgehead atoms. The van der Waals surface area contributed by atoms with Crippen molar-refractivity contribution >= 4 is 8.56 Å². The van der Waals surface area contributed by atoms with E-state index in [1.807, 2.05) is 0 Å². The van der Waals surface area contributed by atoms with E-state index in [1.165, 1.54) is 44.9 Å². The molecule has 0 radical (unpaired) electrons. The Morgan fingerprint density at radius 3 is 2.00 bits per heavy atom. The molecule has 1 fully saturated rings. The van der Waals surface area contributed by atoms with Crippen LogP contribution in [-0.2, 0) is 8.85 Å². The van der Waals surface area contributed by atoms with E-state index in [-0.39, 0.29) is 0 Å². The molecule has 0 N–H and O–H groups in total. The largest absolute Gasteiger partial charge is 0.394 e. The Bertz CT molecular complexity index is 209. The first-order valence-electron chi connectivity index (χ1n) is 7.99. The lowest BCUT2D eigenvalue weighted by atomic mass is 10.0. The molecule has 0 aromatic rings. The molecule has 1 unspecified atom stereocenters. The summed E-state index contributed by atoms with van der Waals surface area (Å²) >= 11 is 0. The van der Waals surface area contributed by atoms with Crippen LogP contribution in [0.15, 0.2) is 0 Å². The molecule has 1 saturated carbocycles. The summed E-state index contributed by atoms with van der Waals surface area (Å²) in [4.78, 5) is 0. The first-order chi connectivity index (χ1) is 8.71. The van der Waals surface area contributed by atoms with E-state index in [2.05, 4.69) is 27.7 Å². The average molecular weight is 273 g/mol. The van der Waals surface area contributed by atoms with Crippen molar-refractivity contribution in [1.82, 2.24) is 0 Å². The van der Waals surface area contributed by atoms with E-state index in [0.29, 0.717) is 5.54 Å². The standard InChI is InChI=1S/C15H32O2Si/c1-5-11-14(4)18(16-6-2,17-7-3)15-12-9-8-10-13-15/h14-15H,5-13H2,1-4H3.